The van der Waals surface area contributed by atoms with Crippen LogP contribution in [0.3, 0.4) is 0 Å². The van der Waals surface area contributed by atoms with Crippen molar-refractivity contribution in [2.24, 2.45) is 11.8 Å². The van der Waals surface area contributed by atoms with Gasteiger partial charge in [0.2, 0.25) is 5.71 Å². The van der Waals surface area contributed by atoms with Crippen LogP contribution in [-0.4, -0.2) is 28.2 Å². The smallest absolute Gasteiger partial charge is 0 e. The summed E-state index contributed by atoms with van der Waals surface area (Å²) in [4.78, 5) is 13.6. The van der Waals surface area contributed by atoms with E-state index in [0.29, 0.717) is 23.5 Å². The van der Waals surface area contributed by atoms with E-state index in [2.05, 4.69) is 104 Å². The number of furan rings is 1. The van der Waals surface area contributed by atoms with Crippen LogP contribution < -0.4 is 4.40 Å². The Morgan fingerprint density at radius 3 is 2.27 bits per heavy atom. The number of rotatable bonds is 7. The van der Waals surface area contributed by atoms with Gasteiger partial charge in [-0.3, -0.25) is 0 Å². The minimum absolute atomic E-state index is 0. The van der Waals surface area contributed by atoms with Gasteiger partial charge in [-0.25, -0.2) is 4.98 Å². The van der Waals surface area contributed by atoms with Crippen molar-refractivity contribution in [2.75, 3.05) is 0 Å². The molecule has 4 heterocycles. The standard InChI is InChI=1S/C21H19N2O.C18H24GeN.Ir/c1-13(2)14(3)15-9-11-22-19(12-15)18-7-4-6-16-17-8-5-10-23-21(17)24-20(16)18;1-14(2)11-16-12-18(15-9-7-6-8-10-15)20-13-17(16)19(3,4)5;/h4-6,8-14H,1-3H3;6-9,12-14H,11H2,1-5H3;/q2*-1;. The number of pyridine rings is 3. The molecule has 0 bridgehead atoms. The van der Waals surface area contributed by atoms with Gasteiger partial charge in [-0.2, -0.15) is 0 Å². The van der Waals surface area contributed by atoms with Crippen LogP contribution in [0.2, 0.25) is 17.3 Å². The monoisotopic (exact) mass is 836 g/mol. The van der Waals surface area contributed by atoms with Crippen LogP contribution in [0.15, 0.2) is 89.7 Å². The molecule has 6 heteroatoms. The molecule has 2 aromatic carbocycles. The molecule has 0 amide bonds. The van der Waals surface area contributed by atoms with Gasteiger partial charge in [-0.05, 0) is 35.7 Å². The molecule has 0 aliphatic carbocycles. The maximum absolute atomic E-state index is 6.00. The van der Waals surface area contributed by atoms with Gasteiger partial charge < -0.3 is 9.40 Å². The van der Waals surface area contributed by atoms with E-state index >= 15 is 0 Å². The Morgan fingerprint density at radius 2 is 1.58 bits per heavy atom. The average molecular weight is 835 g/mol. The molecule has 0 aliphatic heterocycles. The molecule has 4 aromatic heterocycles. The van der Waals surface area contributed by atoms with E-state index in [-0.39, 0.29) is 20.1 Å². The molecule has 6 aromatic rings. The molecule has 0 saturated heterocycles. The van der Waals surface area contributed by atoms with E-state index in [1.165, 1.54) is 11.1 Å². The number of fused-ring (bicyclic) bond motifs is 3. The van der Waals surface area contributed by atoms with Crippen LogP contribution in [0.5, 0.6) is 0 Å². The van der Waals surface area contributed by atoms with Gasteiger partial charge in [0.1, 0.15) is 0 Å². The predicted molar refractivity (Wildman–Crippen MR) is 187 cm³/mol. The Balaban J connectivity index is 0.000000204. The van der Waals surface area contributed by atoms with Gasteiger partial charge >= 0.3 is 126 Å². The van der Waals surface area contributed by atoms with Crippen LogP contribution >= 0.6 is 0 Å². The van der Waals surface area contributed by atoms with E-state index < -0.39 is 13.3 Å². The van der Waals surface area contributed by atoms with Crippen molar-refractivity contribution in [3.8, 4) is 22.5 Å². The molecule has 1 atom stereocenters. The van der Waals surface area contributed by atoms with Crippen molar-refractivity contribution < 1.29 is 24.5 Å². The summed E-state index contributed by atoms with van der Waals surface area (Å²) in [6, 6.07) is 29.1. The second kappa shape index (κ2) is 15.0. The molecular formula is C39H43GeIrN3O-2. The summed E-state index contributed by atoms with van der Waals surface area (Å²) in [5.41, 5.74) is 8.16. The van der Waals surface area contributed by atoms with Crippen LogP contribution in [0.25, 0.3) is 44.6 Å². The third-order valence-corrected chi connectivity index (χ3v) is 12.5. The molecule has 4 nitrogen and oxygen atoms in total. The first-order valence-corrected chi connectivity index (χ1v) is 23.0. The van der Waals surface area contributed by atoms with E-state index in [1.807, 2.05) is 48.7 Å². The summed E-state index contributed by atoms with van der Waals surface area (Å²) in [5, 5.41) is 2.07. The average Bonchev–Trinajstić information content (AvgIpc) is 3.39. The molecule has 1 radical (unpaired) electrons. The summed E-state index contributed by atoms with van der Waals surface area (Å²) in [6.45, 7) is 11.3. The Bertz CT molecular complexity index is 1860. The number of hydrogen-bond donors (Lipinski definition) is 0. The Labute approximate surface area is 284 Å². The van der Waals surface area contributed by atoms with E-state index in [1.54, 1.807) is 10.6 Å². The molecule has 1 unspecified atom stereocenters. The summed E-state index contributed by atoms with van der Waals surface area (Å²) in [7, 11) is 0. The van der Waals surface area contributed by atoms with E-state index in [4.69, 9.17) is 9.40 Å². The van der Waals surface area contributed by atoms with Crippen molar-refractivity contribution >= 4 is 39.7 Å². The van der Waals surface area contributed by atoms with Crippen molar-refractivity contribution in [2.45, 2.75) is 64.2 Å². The molecule has 0 spiro atoms. The molecule has 0 fully saturated rings. The predicted octanol–water partition coefficient (Wildman–Crippen LogP) is 9.89. The quantitative estimate of drug-likeness (QED) is 0.119. The van der Waals surface area contributed by atoms with Crippen LogP contribution in [-0.2, 0) is 26.5 Å². The Hall–Kier alpha value is -3.12. The van der Waals surface area contributed by atoms with E-state index in [0.717, 1.165) is 45.3 Å². The maximum atomic E-state index is 6.00. The molecule has 235 valence electrons. The SMILES string of the molecule is CC(C)C(C)c1ccnc(-c2[c-]ccc3c2oc2ncccc23)c1.CC(C)Cc1cc(-c2[c-]cccc2)nc[c]1[Ge]([CH3])([CH3])[CH3].[Ir]. The fraction of sp³-hybridized carbons (Fsp3) is 0.308. The van der Waals surface area contributed by atoms with E-state index in [9.17, 15) is 0 Å². The minimum Gasteiger partial charge on any atom is 0 e. The minimum atomic E-state index is -1.86. The zero-order valence-corrected chi connectivity index (χ0v) is 32.1. The van der Waals surface area contributed by atoms with Gasteiger partial charge in [0, 0.05) is 37.9 Å². The van der Waals surface area contributed by atoms with Gasteiger partial charge in [-0.1, -0.05) is 43.4 Å². The van der Waals surface area contributed by atoms with Gasteiger partial charge in [0.05, 0.1) is 5.58 Å². The Kier molecular flexibility index (Phi) is 11.6. The first-order chi connectivity index (χ1) is 21.0. The number of aromatic nitrogens is 3. The van der Waals surface area contributed by atoms with Gasteiger partial charge in [0.15, 0.2) is 0 Å². The fourth-order valence-corrected chi connectivity index (χ4v) is 8.83. The Morgan fingerprint density at radius 1 is 0.778 bits per heavy atom. The third kappa shape index (κ3) is 8.19. The topological polar surface area (TPSA) is 51.8 Å². The second-order valence-electron chi connectivity index (χ2n) is 13.4. The first-order valence-electron chi connectivity index (χ1n) is 15.6. The van der Waals surface area contributed by atoms with Crippen LogP contribution in [0.4, 0.5) is 0 Å². The largest absolute Gasteiger partial charge is 0 e. The normalized spacial score (nSPS) is 12.2. The van der Waals surface area contributed by atoms with Crippen molar-refractivity contribution in [3.63, 3.8) is 0 Å². The summed E-state index contributed by atoms with van der Waals surface area (Å²) in [5.74, 6) is 9.05. The molecule has 45 heavy (non-hydrogen) atoms. The first kappa shape index (κ1) is 34.7. The zero-order chi connectivity index (χ0) is 31.4. The van der Waals surface area contributed by atoms with Crippen molar-refractivity contribution in [1.82, 2.24) is 15.0 Å². The van der Waals surface area contributed by atoms with Gasteiger partial charge in [-0.15, -0.1) is 18.2 Å². The van der Waals surface area contributed by atoms with Crippen LogP contribution in [0, 0.1) is 24.0 Å². The second-order valence-corrected chi connectivity index (χ2v) is 24.0. The van der Waals surface area contributed by atoms with Crippen molar-refractivity contribution in [3.05, 3.63) is 109 Å². The number of benzene rings is 2. The molecule has 0 N–H and O–H groups in total. The van der Waals surface area contributed by atoms with Crippen LogP contribution in [0.1, 0.15) is 51.7 Å². The van der Waals surface area contributed by atoms with Crippen molar-refractivity contribution in [1.29, 1.82) is 0 Å². The third-order valence-electron chi connectivity index (χ3n) is 8.19. The fourth-order valence-electron chi connectivity index (χ4n) is 5.50. The summed E-state index contributed by atoms with van der Waals surface area (Å²) < 4.78 is 7.54. The summed E-state index contributed by atoms with van der Waals surface area (Å²) >= 11 is -1.86. The molecule has 6 rings (SSSR count). The molecule has 0 saturated carbocycles. The maximum Gasteiger partial charge on any atom is 0 e. The number of nitrogens with zero attached hydrogens (tertiary/aromatic N) is 3. The summed E-state index contributed by atoms with van der Waals surface area (Å²) in [6.07, 6.45) is 6.89. The molecular weight excluding hydrogens is 791 g/mol. The zero-order valence-electron chi connectivity index (χ0n) is 27.6. The van der Waals surface area contributed by atoms with Gasteiger partial charge in [0.25, 0.3) is 0 Å². The molecule has 0 aliphatic rings. The number of hydrogen-bond acceptors (Lipinski definition) is 4.